The monoisotopic (exact) mass is 498 g/mol. The van der Waals surface area contributed by atoms with Crippen molar-refractivity contribution in [3.8, 4) is 10.6 Å². The first kappa shape index (κ1) is 23.1. The number of hydrogen-bond donors (Lipinski definition) is 2. The van der Waals surface area contributed by atoms with E-state index < -0.39 is 39.1 Å². The smallest absolute Gasteiger partial charge is 0.325 e. The number of carboxylic acids is 1. The van der Waals surface area contributed by atoms with E-state index in [0.29, 0.717) is 22.9 Å². The zero-order valence-electron chi connectivity index (χ0n) is 17.3. The molecule has 13 heteroatoms. The summed E-state index contributed by atoms with van der Waals surface area (Å²) in [5.74, 6) is -5.93. The Morgan fingerprint density at radius 2 is 2.06 bits per heavy atom. The summed E-state index contributed by atoms with van der Waals surface area (Å²) < 4.78 is 60.0. The topological polar surface area (TPSA) is 130 Å². The van der Waals surface area contributed by atoms with Gasteiger partial charge in [0.1, 0.15) is 15.4 Å². The molecule has 33 heavy (non-hydrogen) atoms. The Bertz CT molecular complexity index is 1360. The SMILES string of the molecule is C[N+](=O)c1cccc(C2CC2(NS(=O)(=O)c2ccc(-c3cc(C(C)(F)F)on3)s2)C(=O)O)c1. The molecule has 2 aromatic heterocycles. The lowest BCUT2D eigenvalue weighted by molar-refractivity contribution is -0.428. The van der Waals surface area contributed by atoms with Crippen LogP contribution in [0.3, 0.4) is 0 Å². The van der Waals surface area contributed by atoms with Crippen molar-refractivity contribution in [1.82, 2.24) is 9.88 Å². The van der Waals surface area contributed by atoms with Crippen molar-refractivity contribution in [3.63, 3.8) is 0 Å². The van der Waals surface area contributed by atoms with Gasteiger partial charge in [0.05, 0.1) is 4.88 Å². The molecule has 2 heterocycles. The molecule has 1 saturated carbocycles. The Labute approximate surface area is 190 Å². The van der Waals surface area contributed by atoms with Gasteiger partial charge in [0.25, 0.3) is 15.7 Å². The van der Waals surface area contributed by atoms with Crippen molar-refractivity contribution in [2.75, 3.05) is 7.05 Å². The van der Waals surface area contributed by atoms with Crippen molar-refractivity contribution in [2.24, 2.45) is 0 Å². The number of rotatable bonds is 8. The molecule has 1 aliphatic rings. The lowest BCUT2D eigenvalue weighted by Crippen LogP contribution is -2.44. The highest BCUT2D eigenvalue weighted by molar-refractivity contribution is 7.91. The number of nitroso groups, excluding NO2 is 1. The van der Waals surface area contributed by atoms with Crippen LogP contribution in [0, 0.1) is 4.91 Å². The van der Waals surface area contributed by atoms with Gasteiger partial charge in [-0.15, -0.1) is 11.3 Å². The number of nitrogens with zero attached hydrogens (tertiary/aromatic N) is 2. The number of alkyl halides is 2. The molecule has 0 bridgehead atoms. The molecule has 0 saturated heterocycles. The van der Waals surface area contributed by atoms with Crippen molar-refractivity contribution in [1.29, 1.82) is 0 Å². The maximum Gasteiger partial charge on any atom is 0.325 e. The van der Waals surface area contributed by atoms with Gasteiger partial charge in [0.15, 0.2) is 7.05 Å². The largest absolute Gasteiger partial charge is 0.480 e. The van der Waals surface area contributed by atoms with Crippen LogP contribution in [0.5, 0.6) is 0 Å². The maximum absolute atomic E-state index is 13.4. The lowest BCUT2D eigenvalue weighted by atomic mass is 10.1. The number of sulfonamides is 1. The first-order valence-corrected chi connectivity index (χ1v) is 11.9. The molecule has 174 valence electrons. The van der Waals surface area contributed by atoms with E-state index in [1.807, 2.05) is 0 Å². The van der Waals surface area contributed by atoms with Crippen LogP contribution in [0.2, 0.25) is 0 Å². The van der Waals surface area contributed by atoms with E-state index >= 15 is 0 Å². The average Bonchev–Trinajstić information content (AvgIpc) is 3.11. The van der Waals surface area contributed by atoms with E-state index in [1.165, 1.54) is 25.2 Å². The minimum Gasteiger partial charge on any atom is -0.480 e. The number of thiophene rings is 1. The Kier molecular flexibility index (Phi) is 5.46. The zero-order valence-corrected chi connectivity index (χ0v) is 18.9. The van der Waals surface area contributed by atoms with Crippen LogP contribution in [-0.2, 0) is 20.7 Å². The molecule has 1 aliphatic carbocycles. The molecule has 9 nitrogen and oxygen atoms in total. The van der Waals surface area contributed by atoms with E-state index in [9.17, 15) is 32.0 Å². The second-order valence-electron chi connectivity index (χ2n) is 7.81. The third-order valence-electron chi connectivity index (χ3n) is 5.34. The Hall–Kier alpha value is -3.03. The number of aromatic nitrogens is 1. The first-order valence-electron chi connectivity index (χ1n) is 9.57. The second kappa shape index (κ2) is 7.78. The average molecular weight is 499 g/mol. The molecule has 2 unspecified atom stereocenters. The molecule has 1 fully saturated rings. The third-order valence-corrected chi connectivity index (χ3v) is 8.45. The van der Waals surface area contributed by atoms with Crippen molar-refractivity contribution in [2.45, 2.75) is 34.9 Å². The van der Waals surface area contributed by atoms with Crippen LogP contribution in [0.1, 0.15) is 30.6 Å². The normalized spacial score (nSPS) is 20.5. The summed E-state index contributed by atoms with van der Waals surface area (Å²) in [6, 6.07) is 9.93. The van der Waals surface area contributed by atoms with Gasteiger partial charge in [0, 0.05) is 40.7 Å². The van der Waals surface area contributed by atoms with E-state index in [1.54, 1.807) is 18.2 Å². The summed E-state index contributed by atoms with van der Waals surface area (Å²) in [4.78, 5) is 23.9. The zero-order chi connectivity index (χ0) is 24.2. The highest BCUT2D eigenvalue weighted by Gasteiger charge is 2.63. The summed E-state index contributed by atoms with van der Waals surface area (Å²) in [6.07, 6.45) is 0.00402. The van der Waals surface area contributed by atoms with Gasteiger partial charge in [-0.1, -0.05) is 17.3 Å². The minimum atomic E-state index is -4.27. The fraction of sp³-hybridized carbons (Fsp3) is 0.300. The number of nitrogens with one attached hydrogen (secondary N) is 1. The van der Waals surface area contributed by atoms with Crippen LogP contribution in [-0.4, -0.2) is 42.0 Å². The van der Waals surface area contributed by atoms with Crippen LogP contribution >= 0.6 is 11.3 Å². The van der Waals surface area contributed by atoms with Crippen molar-refractivity contribution >= 4 is 33.0 Å². The summed E-state index contributed by atoms with van der Waals surface area (Å²) in [5.41, 5.74) is -0.903. The number of halogens is 2. The van der Waals surface area contributed by atoms with Gasteiger partial charge in [0.2, 0.25) is 5.76 Å². The number of carbonyl (C=O) groups is 1. The summed E-state index contributed by atoms with van der Waals surface area (Å²) in [6.45, 7) is 0.647. The van der Waals surface area contributed by atoms with E-state index in [2.05, 4.69) is 14.4 Å². The molecule has 3 aromatic rings. The summed E-state index contributed by atoms with van der Waals surface area (Å²) in [5, 5.41) is 13.4. The predicted molar refractivity (Wildman–Crippen MR) is 113 cm³/mol. The van der Waals surface area contributed by atoms with Gasteiger partial charge < -0.3 is 9.63 Å². The molecule has 2 atom stereocenters. The molecule has 1 aromatic carbocycles. The Morgan fingerprint density at radius 3 is 2.67 bits per heavy atom. The molecular weight excluding hydrogens is 480 g/mol. The maximum atomic E-state index is 13.4. The van der Waals surface area contributed by atoms with Gasteiger partial charge in [-0.25, -0.2) is 8.42 Å². The van der Waals surface area contributed by atoms with E-state index in [0.717, 1.165) is 17.4 Å². The molecule has 4 rings (SSSR count). The Morgan fingerprint density at radius 1 is 1.33 bits per heavy atom. The van der Waals surface area contributed by atoms with Gasteiger partial charge in [-0.05, 0) is 24.1 Å². The lowest BCUT2D eigenvalue weighted by Gasteiger charge is -2.14. The third kappa shape index (κ3) is 4.30. The van der Waals surface area contributed by atoms with Gasteiger partial charge >= 0.3 is 11.9 Å². The van der Waals surface area contributed by atoms with Crippen molar-refractivity contribution in [3.05, 3.63) is 58.7 Å². The highest BCUT2D eigenvalue weighted by atomic mass is 32.2. The first-order chi connectivity index (χ1) is 15.3. The molecule has 0 spiro atoms. The molecule has 0 radical (unpaired) electrons. The Balaban J connectivity index is 1.59. The number of benzene rings is 1. The number of carboxylic acid groups (broad SMARTS) is 1. The van der Waals surface area contributed by atoms with Crippen LogP contribution in [0.4, 0.5) is 14.5 Å². The van der Waals surface area contributed by atoms with Crippen LogP contribution < -0.4 is 4.72 Å². The standard InChI is InChI=1S/C20H17F2N3O6S2/c1-19(21,22)16-9-14(23-31-16)15-6-7-17(32-15)33(29,30)24-20(18(26)27)10-13(20)11-4-3-5-12(8-11)25(2)28/h3-9,13,24H,10H2,1-2H3/p+1. The number of aliphatic carboxylic acids is 1. The summed E-state index contributed by atoms with van der Waals surface area (Å²) >= 11 is 0.742. The second-order valence-corrected chi connectivity index (χ2v) is 10.8. The molecule has 0 aliphatic heterocycles. The predicted octanol–water partition coefficient (Wildman–Crippen LogP) is 3.84. The fourth-order valence-electron chi connectivity index (χ4n) is 3.49. The van der Waals surface area contributed by atoms with Gasteiger partial charge in [-0.3, -0.25) is 4.79 Å². The highest BCUT2D eigenvalue weighted by Crippen LogP contribution is 2.53. The van der Waals surface area contributed by atoms with Gasteiger partial charge in [-0.2, -0.15) is 13.5 Å². The minimum absolute atomic E-state index is 0.00402. The molecule has 0 amide bonds. The van der Waals surface area contributed by atoms with E-state index in [-0.39, 0.29) is 21.2 Å². The van der Waals surface area contributed by atoms with Crippen LogP contribution in [0.15, 0.2) is 51.2 Å². The number of hydrogen-bond acceptors (Lipinski definition) is 7. The quantitative estimate of drug-likeness (QED) is 0.451. The molecule has 2 N–H and O–H groups in total. The van der Waals surface area contributed by atoms with Crippen molar-refractivity contribution < 1.29 is 36.4 Å². The molecular formula is C20H18F2N3O6S2+. The van der Waals surface area contributed by atoms with Crippen LogP contribution in [0.25, 0.3) is 10.6 Å². The van der Waals surface area contributed by atoms with E-state index in [4.69, 9.17) is 0 Å². The fourth-order valence-corrected chi connectivity index (χ4v) is 6.15. The summed E-state index contributed by atoms with van der Waals surface area (Å²) in [7, 11) is -2.97.